The Labute approximate surface area is 175 Å². The molecule has 1 aromatic carbocycles. The summed E-state index contributed by atoms with van der Waals surface area (Å²) in [5.41, 5.74) is 3.15. The van der Waals surface area contributed by atoms with Gasteiger partial charge < -0.3 is 4.74 Å². The van der Waals surface area contributed by atoms with Gasteiger partial charge in [-0.05, 0) is 13.0 Å². The molecule has 0 atom stereocenters. The number of ether oxygens (including phenoxy) is 1. The Bertz CT molecular complexity index is 1520. The number of halogens is 1. The van der Waals surface area contributed by atoms with Crippen LogP contribution in [0.4, 0.5) is 4.39 Å². The molecule has 5 aromatic rings. The maximum Gasteiger partial charge on any atom is 0.333 e. The van der Waals surface area contributed by atoms with Gasteiger partial charge in [0.15, 0.2) is 0 Å². The maximum atomic E-state index is 14.6. The first-order valence-corrected chi connectivity index (χ1v) is 9.74. The number of hydrogen-bond acceptors (Lipinski definition) is 5. The van der Waals surface area contributed by atoms with Crippen LogP contribution in [-0.4, -0.2) is 40.3 Å². The average molecular weight is 421 g/mol. The van der Waals surface area contributed by atoms with Crippen molar-refractivity contribution in [1.29, 1.82) is 0 Å². The van der Waals surface area contributed by atoms with Gasteiger partial charge in [0, 0.05) is 49.9 Å². The molecule has 158 valence electrons. The molecule has 4 aromatic heterocycles. The second-order valence-electron chi connectivity index (χ2n) is 7.35. The largest absolute Gasteiger partial charge is 0.493 e. The predicted molar refractivity (Wildman–Crippen MR) is 114 cm³/mol. The van der Waals surface area contributed by atoms with E-state index in [1.54, 1.807) is 31.2 Å². The quantitative estimate of drug-likeness (QED) is 0.445. The topological polar surface area (TPSA) is 84.7 Å². The van der Waals surface area contributed by atoms with Crippen molar-refractivity contribution >= 4 is 21.9 Å². The highest BCUT2D eigenvalue weighted by Gasteiger charge is 2.22. The Morgan fingerprint density at radius 1 is 1.10 bits per heavy atom. The Kier molecular flexibility index (Phi) is 4.17. The van der Waals surface area contributed by atoms with E-state index < -0.39 is 5.95 Å². The van der Waals surface area contributed by atoms with Crippen LogP contribution >= 0.6 is 0 Å². The second-order valence-corrected chi connectivity index (χ2v) is 7.35. The monoisotopic (exact) mass is 421 g/mol. The van der Waals surface area contributed by atoms with Crippen molar-refractivity contribution in [3.63, 3.8) is 0 Å². The normalized spacial score (nSPS) is 11.6. The molecule has 31 heavy (non-hydrogen) atoms. The van der Waals surface area contributed by atoms with E-state index in [4.69, 9.17) is 4.74 Å². The van der Waals surface area contributed by atoms with E-state index in [0.717, 1.165) is 11.1 Å². The second kappa shape index (κ2) is 6.79. The molecule has 0 saturated carbocycles. The summed E-state index contributed by atoms with van der Waals surface area (Å²) in [5.74, 6) is -0.0623. The zero-order chi connectivity index (χ0) is 21.9. The molecule has 9 nitrogen and oxygen atoms in total. The Hall–Kier alpha value is -3.95. The molecule has 4 heterocycles. The summed E-state index contributed by atoms with van der Waals surface area (Å²) < 4.78 is 26.3. The standard InChI is InChI=1S/C21H20FN7O2/c1-5-31-18-7-15-14(6-13(18)12-8-24-26(2)10-12)19-16(9-23-15)28(4)21(30)29(19)17-11-27(3)25-20(17)22/h6-11H,5H2,1-4H3. The molecule has 0 aliphatic rings. The lowest BCUT2D eigenvalue weighted by Crippen LogP contribution is -2.21. The van der Waals surface area contributed by atoms with Crippen LogP contribution in [0.25, 0.3) is 38.8 Å². The van der Waals surface area contributed by atoms with Crippen molar-refractivity contribution in [2.45, 2.75) is 6.92 Å². The first kappa shape index (κ1) is 19.0. The van der Waals surface area contributed by atoms with Crippen molar-refractivity contribution in [3.05, 3.63) is 53.4 Å². The van der Waals surface area contributed by atoms with Gasteiger partial charge in [0.2, 0.25) is 0 Å². The summed E-state index contributed by atoms with van der Waals surface area (Å²) in [4.78, 5) is 17.6. The molecule has 0 fully saturated rings. The van der Waals surface area contributed by atoms with Crippen LogP contribution in [0.5, 0.6) is 5.75 Å². The molecule has 0 amide bonds. The van der Waals surface area contributed by atoms with Gasteiger partial charge in [-0.1, -0.05) is 0 Å². The van der Waals surface area contributed by atoms with Gasteiger partial charge in [-0.15, -0.1) is 5.10 Å². The molecule has 0 spiro atoms. The van der Waals surface area contributed by atoms with Gasteiger partial charge in [-0.25, -0.2) is 4.79 Å². The minimum Gasteiger partial charge on any atom is -0.493 e. The first-order chi connectivity index (χ1) is 14.9. The molecule has 0 N–H and O–H groups in total. The lowest BCUT2D eigenvalue weighted by Gasteiger charge is -2.12. The third-order valence-corrected chi connectivity index (χ3v) is 5.31. The van der Waals surface area contributed by atoms with E-state index >= 15 is 0 Å². The number of rotatable bonds is 4. The summed E-state index contributed by atoms with van der Waals surface area (Å²) in [5, 5.41) is 8.72. The van der Waals surface area contributed by atoms with Crippen molar-refractivity contribution in [3.8, 4) is 22.6 Å². The van der Waals surface area contributed by atoms with Crippen LogP contribution in [0.2, 0.25) is 0 Å². The van der Waals surface area contributed by atoms with Crippen molar-refractivity contribution in [1.82, 2.24) is 33.7 Å². The van der Waals surface area contributed by atoms with Gasteiger partial charge in [-0.2, -0.15) is 9.49 Å². The molecule has 0 aliphatic carbocycles. The number of fused-ring (bicyclic) bond motifs is 3. The smallest absolute Gasteiger partial charge is 0.333 e. The van der Waals surface area contributed by atoms with E-state index in [1.165, 1.54) is 20.0 Å². The molecule has 0 aliphatic heterocycles. The van der Waals surface area contributed by atoms with Crippen molar-refractivity contribution < 1.29 is 9.13 Å². The van der Waals surface area contributed by atoms with Gasteiger partial charge in [0.25, 0.3) is 5.95 Å². The van der Waals surface area contributed by atoms with Crippen LogP contribution < -0.4 is 10.4 Å². The number of hydrogen-bond donors (Lipinski definition) is 0. The van der Waals surface area contributed by atoms with Crippen LogP contribution in [-0.2, 0) is 21.1 Å². The fourth-order valence-corrected chi connectivity index (χ4v) is 3.91. The number of aryl methyl sites for hydroxylation is 3. The van der Waals surface area contributed by atoms with Gasteiger partial charge in [-0.3, -0.25) is 23.5 Å². The van der Waals surface area contributed by atoms with E-state index in [9.17, 15) is 9.18 Å². The van der Waals surface area contributed by atoms with Gasteiger partial charge in [0.1, 0.15) is 11.4 Å². The van der Waals surface area contributed by atoms with E-state index in [1.807, 2.05) is 32.3 Å². The van der Waals surface area contributed by atoms with Gasteiger partial charge >= 0.3 is 5.69 Å². The maximum absolute atomic E-state index is 14.6. The number of aromatic nitrogens is 7. The van der Waals surface area contributed by atoms with Crippen LogP contribution in [0, 0.1) is 5.95 Å². The zero-order valence-electron chi connectivity index (χ0n) is 17.5. The Morgan fingerprint density at radius 3 is 2.55 bits per heavy atom. The van der Waals surface area contributed by atoms with Crippen molar-refractivity contribution in [2.75, 3.05) is 6.61 Å². The Morgan fingerprint density at radius 2 is 1.90 bits per heavy atom. The molecule has 0 bridgehead atoms. The molecular formula is C21H20FN7O2. The summed E-state index contributed by atoms with van der Waals surface area (Å²) in [6, 6.07) is 3.75. The van der Waals surface area contributed by atoms with Crippen LogP contribution in [0.1, 0.15) is 6.92 Å². The molecular weight excluding hydrogens is 401 g/mol. The number of benzene rings is 1. The van der Waals surface area contributed by atoms with E-state index in [2.05, 4.69) is 15.2 Å². The van der Waals surface area contributed by atoms with Crippen LogP contribution in [0.3, 0.4) is 0 Å². The summed E-state index contributed by atoms with van der Waals surface area (Å²) in [7, 11) is 5.08. The minimum absolute atomic E-state index is 0.0856. The summed E-state index contributed by atoms with van der Waals surface area (Å²) >= 11 is 0. The lowest BCUT2D eigenvalue weighted by molar-refractivity contribution is 0.342. The van der Waals surface area contributed by atoms with Gasteiger partial charge in [0.05, 0.1) is 41.7 Å². The van der Waals surface area contributed by atoms with Crippen molar-refractivity contribution in [2.24, 2.45) is 21.1 Å². The minimum atomic E-state index is -0.722. The highest BCUT2D eigenvalue weighted by atomic mass is 19.1. The molecule has 10 heteroatoms. The molecule has 5 rings (SSSR count). The van der Waals surface area contributed by atoms with Crippen LogP contribution in [0.15, 0.2) is 41.7 Å². The van der Waals surface area contributed by atoms with E-state index in [0.29, 0.717) is 34.3 Å². The molecule has 0 radical (unpaired) electrons. The molecule has 0 saturated heterocycles. The highest BCUT2D eigenvalue weighted by Crippen LogP contribution is 2.36. The Balaban J connectivity index is 1.93. The third kappa shape index (κ3) is 2.82. The number of imidazole rings is 1. The fourth-order valence-electron chi connectivity index (χ4n) is 3.91. The lowest BCUT2D eigenvalue weighted by atomic mass is 10.0. The zero-order valence-corrected chi connectivity index (χ0v) is 17.5. The third-order valence-electron chi connectivity index (χ3n) is 5.31. The summed E-state index contributed by atoms with van der Waals surface area (Å²) in [6.45, 7) is 2.39. The summed E-state index contributed by atoms with van der Waals surface area (Å²) in [6.07, 6.45) is 6.73. The molecule has 0 unspecified atom stereocenters. The average Bonchev–Trinajstić information content (AvgIpc) is 3.38. The SMILES string of the molecule is CCOc1cc2ncc3c(c2cc1-c1cnn(C)c1)n(-c1cn(C)nc1F)c(=O)n3C. The predicted octanol–water partition coefficient (Wildman–Crippen LogP) is 2.55. The first-order valence-electron chi connectivity index (χ1n) is 9.74. The van der Waals surface area contributed by atoms with E-state index in [-0.39, 0.29) is 11.4 Å². The fraction of sp³-hybridized carbons (Fsp3) is 0.238. The highest BCUT2D eigenvalue weighted by molar-refractivity contribution is 6.05. The number of nitrogens with zero attached hydrogens (tertiary/aromatic N) is 7. The number of pyridine rings is 1.